The van der Waals surface area contributed by atoms with Crippen LogP contribution < -0.4 is 5.32 Å². The highest BCUT2D eigenvalue weighted by Gasteiger charge is 2.43. The molecule has 33 heavy (non-hydrogen) atoms. The summed E-state index contributed by atoms with van der Waals surface area (Å²) in [7, 11) is 4.01. The smallest absolute Gasteiger partial charge is 0.324 e. The van der Waals surface area contributed by atoms with Gasteiger partial charge in [0, 0.05) is 56.7 Å². The molecule has 1 unspecified atom stereocenters. The predicted molar refractivity (Wildman–Crippen MR) is 134 cm³/mol. The maximum absolute atomic E-state index is 13.7. The van der Waals surface area contributed by atoms with Crippen LogP contribution >= 0.6 is 0 Å². The van der Waals surface area contributed by atoms with Gasteiger partial charge >= 0.3 is 6.03 Å². The summed E-state index contributed by atoms with van der Waals surface area (Å²) in [6.07, 6.45) is 6.56. The summed E-state index contributed by atoms with van der Waals surface area (Å²) >= 11 is 0. The van der Waals surface area contributed by atoms with Gasteiger partial charge < -0.3 is 15.2 Å². The van der Waals surface area contributed by atoms with Crippen molar-refractivity contribution in [3.8, 4) is 0 Å². The number of H-pyrrole nitrogens is 1. The summed E-state index contributed by atoms with van der Waals surface area (Å²) in [6, 6.07) is 6.50. The van der Waals surface area contributed by atoms with Crippen molar-refractivity contribution in [2.75, 3.05) is 46.8 Å². The lowest BCUT2D eigenvalue weighted by molar-refractivity contribution is -0.135. The zero-order valence-electron chi connectivity index (χ0n) is 20.1. The number of likely N-dealkylation sites (tertiary alicyclic amines) is 1. The van der Waals surface area contributed by atoms with Gasteiger partial charge in [-0.2, -0.15) is 0 Å². The Morgan fingerprint density at radius 2 is 2.15 bits per heavy atom. The molecule has 180 valence electrons. The highest BCUT2D eigenvalue weighted by atomic mass is 16.2. The van der Waals surface area contributed by atoms with Crippen molar-refractivity contribution in [3.05, 3.63) is 48.2 Å². The number of hydrogen-bond donors (Lipinski definition) is 2. The first-order valence-electron chi connectivity index (χ1n) is 12.1. The first-order chi connectivity index (χ1) is 15.9. The number of aromatic amines is 1. The summed E-state index contributed by atoms with van der Waals surface area (Å²) in [5.74, 6) is -0.0133. The van der Waals surface area contributed by atoms with E-state index in [2.05, 4.69) is 51.1 Å². The van der Waals surface area contributed by atoms with Gasteiger partial charge in [-0.15, -0.1) is 6.58 Å². The van der Waals surface area contributed by atoms with Crippen LogP contribution in [0.2, 0.25) is 0 Å². The lowest BCUT2D eigenvalue weighted by Gasteiger charge is -2.47. The van der Waals surface area contributed by atoms with Crippen LogP contribution in [0.4, 0.5) is 4.79 Å². The Balaban J connectivity index is 0.00000324. The Morgan fingerprint density at radius 1 is 1.33 bits per heavy atom. The van der Waals surface area contributed by atoms with E-state index in [0.717, 1.165) is 37.9 Å². The van der Waals surface area contributed by atoms with Crippen molar-refractivity contribution in [2.45, 2.75) is 38.1 Å². The second kappa shape index (κ2) is 10.1. The minimum Gasteiger partial charge on any atom is -0.361 e. The second-order valence-corrected chi connectivity index (χ2v) is 9.62. The molecule has 1 saturated heterocycles. The van der Waals surface area contributed by atoms with Gasteiger partial charge in [0.1, 0.15) is 0 Å². The van der Waals surface area contributed by atoms with Gasteiger partial charge in [0.2, 0.25) is 5.91 Å². The number of imide groups is 1. The van der Waals surface area contributed by atoms with Crippen molar-refractivity contribution < 1.29 is 11.0 Å². The van der Waals surface area contributed by atoms with E-state index in [9.17, 15) is 9.59 Å². The molecule has 3 amide bonds. The maximum Gasteiger partial charge on any atom is 0.324 e. The molecule has 1 aromatic carbocycles. The van der Waals surface area contributed by atoms with Crippen molar-refractivity contribution in [1.29, 1.82) is 0 Å². The third-order valence-corrected chi connectivity index (χ3v) is 7.11. The molecule has 1 aliphatic heterocycles. The van der Waals surface area contributed by atoms with E-state index in [4.69, 9.17) is 0 Å². The molecule has 4 rings (SSSR count). The summed E-state index contributed by atoms with van der Waals surface area (Å²) in [5, 5.41) is 4.16. The largest absolute Gasteiger partial charge is 0.361 e. The lowest BCUT2D eigenvalue weighted by Crippen LogP contribution is -2.55. The molecule has 3 atom stereocenters. The van der Waals surface area contributed by atoms with E-state index in [1.165, 1.54) is 21.4 Å². The molecular formula is C26H39N5O2. The van der Waals surface area contributed by atoms with Crippen molar-refractivity contribution in [3.63, 3.8) is 0 Å². The normalized spacial score (nSPS) is 22.2. The Hall–Kier alpha value is -2.64. The van der Waals surface area contributed by atoms with Gasteiger partial charge in [-0.05, 0) is 64.0 Å². The zero-order chi connectivity index (χ0) is 23.5. The number of aromatic nitrogens is 1. The molecule has 0 saturated carbocycles. The number of benzene rings is 1. The van der Waals surface area contributed by atoms with Gasteiger partial charge in [0.15, 0.2) is 0 Å². The minimum absolute atomic E-state index is 0. The number of rotatable bonds is 8. The van der Waals surface area contributed by atoms with Crippen LogP contribution in [0.15, 0.2) is 37.1 Å². The molecule has 0 bridgehead atoms. The molecule has 0 radical (unpaired) electrons. The highest BCUT2D eigenvalue weighted by molar-refractivity contribution is 5.96. The molecule has 2 aromatic rings. The van der Waals surface area contributed by atoms with Gasteiger partial charge in [0.05, 0.1) is 5.92 Å². The van der Waals surface area contributed by atoms with Gasteiger partial charge in [-0.1, -0.05) is 18.2 Å². The minimum atomic E-state index is -0.280. The Kier molecular flexibility index (Phi) is 7.20. The number of nitrogens with one attached hydrogen (secondary N) is 2. The molecule has 0 spiro atoms. The quantitative estimate of drug-likeness (QED) is 0.601. The summed E-state index contributed by atoms with van der Waals surface area (Å²) in [4.78, 5) is 35.9. The first kappa shape index (κ1) is 23.5. The molecule has 7 heteroatoms. The molecule has 2 N–H and O–H groups in total. The molecule has 2 aliphatic rings. The number of urea groups is 1. The number of carbonyl (C=O) groups excluding carboxylic acids is 2. The van der Waals surface area contributed by atoms with Crippen molar-refractivity contribution in [2.24, 2.45) is 5.92 Å². The second-order valence-electron chi connectivity index (χ2n) is 9.62. The fourth-order valence-corrected chi connectivity index (χ4v) is 5.68. The van der Waals surface area contributed by atoms with Crippen LogP contribution in [-0.4, -0.2) is 84.5 Å². The predicted octanol–water partition coefficient (Wildman–Crippen LogP) is 3.44. The van der Waals surface area contributed by atoms with E-state index in [-0.39, 0.29) is 25.2 Å². The van der Waals surface area contributed by atoms with Crippen molar-refractivity contribution in [1.82, 2.24) is 25.0 Å². The van der Waals surface area contributed by atoms with Gasteiger partial charge in [-0.3, -0.25) is 14.6 Å². The summed E-state index contributed by atoms with van der Waals surface area (Å²) in [6.45, 7) is 9.02. The molecule has 7 nitrogen and oxygen atoms in total. The van der Waals surface area contributed by atoms with Crippen LogP contribution in [-0.2, 0) is 11.2 Å². The zero-order valence-corrected chi connectivity index (χ0v) is 20.1. The first-order valence-corrected chi connectivity index (χ1v) is 12.1. The number of fused-ring (bicyclic) bond motifs is 2. The number of hydrogen-bond acceptors (Lipinski definition) is 4. The van der Waals surface area contributed by atoms with Gasteiger partial charge in [0.25, 0.3) is 0 Å². The number of piperidine rings is 1. The molecule has 1 aromatic heterocycles. The monoisotopic (exact) mass is 453 g/mol. The third-order valence-electron chi connectivity index (χ3n) is 7.11. The van der Waals surface area contributed by atoms with Crippen LogP contribution in [0, 0.1) is 5.92 Å². The SMILES string of the molecule is C=CCN1C[C@H](C(=O)N(CCCN(C)C)C(=O)NCC)CC2c3cccc4[nH]cc(c34)C[C@H]21.[HH]. The Labute approximate surface area is 198 Å². The maximum atomic E-state index is 13.7. The molecular weight excluding hydrogens is 414 g/mol. The van der Waals surface area contributed by atoms with E-state index in [1.54, 1.807) is 0 Å². The number of carbonyl (C=O) groups is 2. The fourth-order valence-electron chi connectivity index (χ4n) is 5.68. The third kappa shape index (κ3) is 4.70. The topological polar surface area (TPSA) is 71.7 Å². The lowest BCUT2D eigenvalue weighted by atomic mass is 9.72. The van der Waals surface area contributed by atoms with Gasteiger partial charge in [-0.25, -0.2) is 4.79 Å². The Morgan fingerprint density at radius 3 is 2.88 bits per heavy atom. The Bertz CT molecular complexity index is 1020. The van der Waals surface area contributed by atoms with E-state index in [1.807, 2.05) is 27.1 Å². The van der Waals surface area contributed by atoms with E-state index < -0.39 is 0 Å². The highest BCUT2D eigenvalue weighted by Crippen LogP contribution is 2.45. The summed E-state index contributed by atoms with van der Waals surface area (Å²) in [5.41, 5.74) is 3.84. The average molecular weight is 454 g/mol. The number of amides is 3. The number of nitrogens with zero attached hydrogens (tertiary/aromatic N) is 3. The van der Waals surface area contributed by atoms with Crippen LogP contribution in [0.1, 0.15) is 38.2 Å². The fraction of sp³-hybridized carbons (Fsp3) is 0.538. The van der Waals surface area contributed by atoms with Crippen LogP contribution in [0.5, 0.6) is 0 Å². The van der Waals surface area contributed by atoms with Crippen LogP contribution in [0.25, 0.3) is 10.9 Å². The average Bonchev–Trinajstić information content (AvgIpc) is 3.21. The van der Waals surface area contributed by atoms with E-state index >= 15 is 0 Å². The van der Waals surface area contributed by atoms with Crippen molar-refractivity contribution >= 4 is 22.8 Å². The summed E-state index contributed by atoms with van der Waals surface area (Å²) < 4.78 is 0. The van der Waals surface area contributed by atoms with E-state index in [0.29, 0.717) is 25.7 Å². The van der Waals surface area contributed by atoms with Crippen LogP contribution in [0.3, 0.4) is 0 Å². The molecule has 2 heterocycles. The molecule has 1 fully saturated rings. The molecule has 1 aliphatic carbocycles. The standard InChI is InChI=1S/C26H37N5O2.H2/c1-5-11-30-17-19(25(32)31(26(33)27-6-2)13-8-12-29(3)4)14-21-20-9-7-10-22-24(20)18(16-28-22)15-23(21)30;/h5,7,9-10,16,19,21,23,28H,1,6,8,11-15,17H2,2-4H3,(H,27,33);1H/t19-,21?,23-;/m1./s1.